The minimum Gasteiger partial charge on any atom is -0.482 e. The van der Waals surface area contributed by atoms with E-state index in [1.807, 2.05) is 26.0 Å². The zero-order valence-electron chi connectivity index (χ0n) is 14.0. The summed E-state index contributed by atoms with van der Waals surface area (Å²) < 4.78 is 17.0. The number of benzene rings is 1. The second kappa shape index (κ2) is 8.48. The second-order valence-electron chi connectivity index (χ2n) is 5.88. The van der Waals surface area contributed by atoms with Crippen molar-refractivity contribution in [3.8, 4) is 5.75 Å². The molecule has 3 unspecified atom stereocenters. The molecule has 0 bridgehead atoms. The summed E-state index contributed by atoms with van der Waals surface area (Å²) in [5.41, 5.74) is 0. The van der Waals surface area contributed by atoms with Crippen LogP contribution < -0.4 is 4.74 Å². The van der Waals surface area contributed by atoms with E-state index in [9.17, 15) is 9.59 Å². The van der Waals surface area contributed by atoms with Gasteiger partial charge in [-0.25, -0.2) is 4.79 Å². The third kappa shape index (κ3) is 5.49. The molecular formula is C17H22BrNO5. The molecule has 1 amide bonds. The zero-order chi connectivity index (χ0) is 17.7. The van der Waals surface area contributed by atoms with Crippen LogP contribution >= 0.6 is 15.9 Å². The highest BCUT2D eigenvalue weighted by Gasteiger charge is 2.30. The molecule has 7 heteroatoms. The van der Waals surface area contributed by atoms with Crippen LogP contribution in [-0.4, -0.2) is 54.8 Å². The molecule has 1 saturated heterocycles. The van der Waals surface area contributed by atoms with Crippen molar-refractivity contribution >= 4 is 27.8 Å². The number of hydrogen-bond acceptors (Lipinski definition) is 5. The second-order valence-corrected chi connectivity index (χ2v) is 6.79. The number of rotatable bonds is 5. The van der Waals surface area contributed by atoms with Gasteiger partial charge < -0.3 is 19.1 Å². The average molecular weight is 400 g/mol. The van der Waals surface area contributed by atoms with Crippen LogP contribution in [0.1, 0.15) is 20.8 Å². The summed E-state index contributed by atoms with van der Waals surface area (Å²) in [6, 6.07) is 7.10. The predicted octanol–water partition coefficient (Wildman–Crippen LogP) is 2.40. The Bertz CT molecular complexity index is 567. The molecule has 0 saturated carbocycles. The lowest BCUT2D eigenvalue weighted by molar-refractivity contribution is -0.165. The standard InChI is InChI=1S/C17H22BrNO5/c1-11-8-19(9-12(2)23-11)17(21)13(3)24-16(20)10-22-15-6-4-14(18)5-7-15/h4-7,11-13H,8-10H2,1-3H3. The van der Waals surface area contributed by atoms with Crippen LogP contribution in [0.3, 0.4) is 0 Å². The molecule has 1 aromatic carbocycles. The average Bonchev–Trinajstić information content (AvgIpc) is 2.52. The summed E-state index contributed by atoms with van der Waals surface area (Å²) in [7, 11) is 0. The van der Waals surface area contributed by atoms with E-state index in [1.54, 1.807) is 24.0 Å². The van der Waals surface area contributed by atoms with Crippen molar-refractivity contribution in [2.24, 2.45) is 0 Å². The van der Waals surface area contributed by atoms with Gasteiger partial charge in [0.2, 0.25) is 0 Å². The summed E-state index contributed by atoms with van der Waals surface area (Å²) in [4.78, 5) is 25.9. The molecule has 1 heterocycles. The molecule has 2 rings (SSSR count). The lowest BCUT2D eigenvalue weighted by atomic mass is 10.2. The molecule has 6 nitrogen and oxygen atoms in total. The number of amides is 1. The van der Waals surface area contributed by atoms with Crippen LogP contribution in [0.5, 0.6) is 5.75 Å². The minimum absolute atomic E-state index is 0.0265. The van der Waals surface area contributed by atoms with Crippen molar-refractivity contribution in [3.63, 3.8) is 0 Å². The fourth-order valence-corrected chi connectivity index (χ4v) is 2.83. The summed E-state index contributed by atoms with van der Waals surface area (Å²) in [5.74, 6) is -0.230. The highest BCUT2D eigenvalue weighted by molar-refractivity contribution is 9.10. The zero-order valence-corrected chi connectivity index (χ0v) is 15.6. The van der Waals surface area contributed by atoms with Crippen molar-refractivity contribution in [1.82, 2.24) is 4.90 Å². The summed E-state index contributed by atoms with van der Waals surface area (Å²) in [5, 5.41) is 0. The van der Waals surface area contributed by atoms with E-state index < -0.39 is 12.1 Å². The van der Waals surface area contributed by atoms with Gasteiger partial charge in [0.1, 0.15) is 5.75 Å². The molecule has 0 radical (unpaired) electrons. The largest absolute Gasteiger partial charge is 0.482 e. The smallest absolute Gasteiger partial charge is 0.344 e. The first-order valence-corrected chi connectivity index (χ1v) is 8.66. The van der Waals surface area contributed by atoms with Crippen LogP contribution in [0.4, 0.5) is 0 Å². The Labute approximate surface area is 150 Å². The molecule has 1 aliphatic rings. The highest BCUT2D eigenvalue weighted by atomic mass is 79.9. The van der Waals surface area contributed by atoms with Crippen LogP contribution in [0.15, 0.2) is 28.7 Å². The number of hydrogen-bond donors (Lipinski definition) is 0. The van der Waals surface area contributed by atoms with Crippen molar-refractivity contribution in [2.45, 2.75) is 39.1 Å². The lowest BCUT2D eigenvalue weighted by Gasteiger charge is -2.36. The number of morpholine rings is 1. The molecule has 0 aliphatic carbocycles. The van der Waals surface area contributed by atoms with Gasteiger partial charge in [0.15, 0.2) is 12.7 Å². The van der Waals surface area contributed by atoms with Gasteiger partial charge in [0, 0.05) is 17.6 Å². The summed E-state index contributed by atoms with van der Waals surface area (Å²) >= 11 is 3.32. The van der Waals surface area contributed by atoms with E-state index in [0.717, 1.165) is 4.47 Å². The van der Waals surface area contributed by atoms with Gasteiger partial charge in [0.25, 0.3) is 5.91 Å². The van der Waals surface area contributed by atoms with Crippen LogP contribution in [0, 0.1) is 0 Å². The van der Waals surface area contributed by atoms with Gasteiger partial charge in [-0.05, 0) is 45.0 Å². The number of carbonyl (C=O) groups is 2. The van der Waals surface area contributed by atoms with Crippen LogP contribution in [0.2, 0.25) is 0 Å². The minimum atomic E-state index is -0.844. The maximum Gasteiger partial charge on any atom is 0.344 e. The Morgan fingerprint density at radius 3 is 2.42 bits per heavy atom. The number of ether oxygens (including phenoxy) is 3. The third-order valence-electron chi connectivity index (χ3n) is 3.56. The Morgan fingerprint density at radius 2 is 1.83 bits per heavy atom. The fourth-order valence-electron chi connectivity index (χ4n) is 2.57. The van der Waals surface area contributed by atoms with Gasteiger partial charge in [-0.15, -0.1) is 0 Å². The Kier molecular flexibility index (Phi) is 6.62. The Balaban J connectivity index is 1.80. The number of carbonyl (C=O) groups excluding carboxylic acids is 2. The van der Waals surface area contributed by atoms with E-state index in [2.05, 4.69) is 15.9 Å². The number of esters is 1. The number of nitrogens with zero attached hydrogens (tertiary/aromatic N) is 1. The van der Waals surface area contributed by atoms with Gasteiger partial charge in [0.05, 0.1) is 12.2 Å². The van der Waals surface area contributed by atoms with E-state index in [-0.39, 0.29) is 24.7 Å². The molecule has 1 fully saturated rings. The van der Waals surface area contributed by atoms with E-state index >= 15 is 0 Å². The van der Waals surface area contributed by atoms with Crippen molar-refractivity contribution in [3.05, 3.63) is 28.7 Å². The molecule has 1 aromatic rings. The van der Waals surface area contributed by atoms with Crippen LogP contribution in [0.25, 0.3) is 0 Å². The lowest BCUT2D eigenvalue weighted by Crippen LogP contribution is -2.51. The monoisotopic (exact) mass is 399 g/mol. The SMILES string of the molecule is CC1CN(C(=O)C(C)OC(=O)COc2ccc(Br)cc2)CC(C)O1. The number of halogens is 1. The predicted molar refractivity (Wildman–Crippen MR) is 91.8 cm³/mol. The van der Waals surface area contributed by atoms with Crippen LogP contribution in [-0.2, 0) is 19.1 Å². The fraction of sp³-hybridized carbons (Fsp3) is 0.529. The molecule has 132 valence electrons. The molecule has 0 N–H and O–H groups in total. The van der Waals surface area contributed by atoms with E-state index in [4.69, 9.17) is 14.2 Å². The molecular weight excluding hydrogens is 378 g/mol. The van der Waals surface area contributed by atoms with E-state index in [1.165, 1.54) is 0 Å². The van der Waals surface area contributed by atoms with Crippen molar-refractivity contribution in [1.29, 1.82) is 0 Å². The first kappa shape index (κ1) is 18.7. The van der Waals surface area contributed by atoms with Crippen molar-refractivity contribution in [2.75, 3.05) is 19.7 Å². The quantitative estimate of drug-likeness (QED) is 0.711. The Hall–Kier alpha value is -1.60. The van der Waals surface area contributed by atoms with Gasteiger partial charge in [-0.2, -0.15) is 0 Å². The topological polar surface area (TPSA) is 65.1 Å². The maximum atomic E-state index is 12.4. The van der Waals surface area contributed by atoms with Crippen molar-refractivity contribution < 1.29 is 23.8 Å². The summed E-state index contributed by atoms with van der Waals surface area (Å²) in [6.07, 6.45) is -0.897. The van der Waals surface area contributed by atoms with Gasteiger partial charge in [-0.1, -0.05) is 15.9 Å². The normalized spacial score (nSPS) is 21.9. The summed E-state index contributed by atoms with van der Waals surface area (Å²) in [6.45, 7) is 6.16. The first-order chi connectivity index (χ1) is 11.3. The highest BCUT2D eigenvalue weighted by Crippen LogP contribution is 2.16. The van der Waals surface area contributed by atoms with E-state index in [0.29, 0.717) is 18.8 Å². The third-order valence-corrected chi connectivity index (χ3v) is 4.09. The first-order valence-electron chi connectivity index (χ1n) is 7.87. The molecule has 3 atom stereocenters. The molecule has 1 aliphatic heterocycles. The molecule has 0 spiro atoms. The molecule has 0 aromatic heterocycles. The molecule has 24 heavy (non-hydrogen) atoms. The van der Waals surface area contributed by atoms with Gasteiger partial charge >= 0.3 is 5.97 Å². The van der Waals surface area contributed by atoms with Gasteiger partial charge in [-0.3, -0.25) is 4.79 Å². The Morgan fingerprint density at radius 1 is 1.25 bits per heavy atom. The maximum absolute atomic E-state index is 12.4.